The van der Waals surface area contributed by atoms with E-state index in [4.69, 9.17) is 4.42 Å². The SMILES string of the molecule is O=C(CSCc1ccco1)N1CCN(S(=O)(=O)/C=C/c2ccccc2)CC1. The molecule has 144 valence electrons. The second-order valence-electron chi connectivity index (χ2n) is 6.11. The van der Waals surface area contributed by atoms with Crippen molar-refractivity contribution in [1.29, 1.82) is 0 Å². The molecule has 1 amide bonds. The first-order valence-corrected chi connectivity index (χ1v) is 11.3. The van der Waals surface area contributed by atoms with Crippen molar-refractivity contribution in [1.82, 2.24) is 9.21 Å². The number of hydrogen-bond donors (Lipinski definition) is 0. The highest BCUT2D eigenvalue weighted by Gasteiger charge is 2.27. The second-order valence-corrected chi connectivity index (χ2v) is 8.91. The minimum absolute atomic E-state index is 0.0310. The van der Waals surface area contributed by atoms with Gasteiger partial charge in [0.1, 0.15) is 5.76 Å². The van der Waals surface area contributed by atoms with E-state index in [1.165, 1.54) is 21.5 Å². The lowest BCUT2D eigenvalue weighted by Crippen LogP contribution is -2.50. The molecule has 2 heterocycles. The fraction of sp³-hybridized carbons (Fsp3) is 0.316. The van der Waals surface area contributed by atoms with E-state index in [0.717, 1.165) is 11.3 Å². The van der Waals surface area contributed by atoms with Gasteiger partial charge in [-0.2, -0.15) is 4.31 Å². The predicted molar refractivity (Wildman–Crippen MR) is 107 cm³/mol. The van der Waals surface area contributed by atoms with Crippen LogP contribution in [0, 0.1) is 0 Å². The van der Waals surface area contributed by atoms with Crippen LogP contribution in [-0.4, -0.2) is 55.5 Å². The van der Waals surface area contributed by atoms with Gasteiger partial charge in [-0.15, -0.1) is 11.8 Å². The third-order valence-electron chi connectivity index (χ3n) is 4.23. The Morgan fingerprint density at radius 1 is 1.07 bits per heavy atom. The molecule has 8 heteroatoms. The molecule has 0 spiro atoms. The van der Waals surface area contributed by atoms with E-state index in [1.54, 1.807) is 17.2 Å². The largest absolute Gasteiger partial charge is 0.468 e. The van der Waals surface area contributed by atoms with Gasteiger partial charge in [-0.05, 0) is 23.8 Å². The maximum absolute atomic E-state index is 12.5. The summed E-state index contributed by atoms with van der Waals surface area (Å²) in [6.45, 7) is 1.46. The van der Waals surface area contributed by atoms with E-state index in [1.807, 2.05) is 42.5 Å². The molecule has 1 aromatic heterocycles. The van der Waals surface area contributed by atoms with Gasteiger partial charge in [0.15, 0.2) is 0 Å². The number of carbonyl (C=O) groups is 1. The van der Waals surface area contributed by atoms with Crippen molar-refractivity contribution in [3.05, 3.63) is 65.5 Å². The van der Waals surface area contributed by atoms with Gasteiger partial charge in [0.2, 0.25) is 15.9 Å². The highest BCUT2D eigenvalue weighted by Crippen LogP contribution is 2.15. The molecule has 3 rings (SSSR count). The van der Waals surface area contributed by atoms with Gasteiger partial charge >= 0.3 is 0 Å². The van der Waals surface area contributed by atoms with Crippen LogP contribution in [0.15, 0.2) is 58.6 Å². The summed E-state index contributed by atoms with van der Waals surface area (Å²) in [5.74, 6) is 1.89. The van der Waals surface area contributed by atoms with Gasteiger partial charge in [-0.25, -0.2) is 8.42 Å². The molecule has 1 aliphatic heterocycles. The zero-order valence-corrected chi connectivity index (χ0v) is 16.5. The summed E-state index contributed by atoms with van der Waals surface area (Å²) in [4.78, 5) is 14.0. The normalized spacial score (nSPS) is 16.1. The molecule has 1 aliphatic rings. The van der Waals surface area contributed by atoms with Gasteiger partial charge < -0.3 is 9.32 Å². The van der Waals surface area contributed by atoms with Gasteiger partial charge in [0.25, 0.3) is 0 Å². The van der Waals surface area contributed by atoms with Gasteiger partial charge in [-0.3, -0.25) is 4.79 Å². The van der Waals surface area contributed by atoms with Crippen LogP contribution in [0.5, 0.6) is 0 Å². The maximum Gasteiger partial charge on any atom is 0.236 e. The molecule has 27 heavy (non-hydrogen) atoms. The predicted octanol–water partition coefficient (Wildman–Crippen LogP) is 2.66. The van der Waals surface area contributed by atoms with Crippen molar-refractivity contribution in [2.75, 3.05) is 31.9 Å². The first-order chi connectivity index (χ1) is 13.0. The Labute approximate surface area is 163 Å². The zero-order chi connectivity index (χ0) is 19.1. The van der Waals surface area contributed by atoms with E-state index in [0.29, 0.717) is 37.7 Å². The van der Waals surface area contributed by atoms with Crippen LogP contribution in [0.4, 0.5) is 0 Å². The summed E-state index contributed by atoms with van der Waals surface area (Å²) in [5, 5.41) is 1.24. The number of hydrogen-bond acceptors (Lipinski definition) is 5. The molecule has 0 saturated carbocycles. The Balaban J connectivity index is 1.46. The molecule has 0 radical (unpaired) electrons. The number of rotatable bonds is 7. The zero-order valence-electron chi connectivity index (χ0n) is 14.9. The van der Waals surface area contributed by atoms with E-state index >= 15 is 0 Å². The van der Waals surface area contributed by atoms with Crippen molar-refractivity contribution in [3.8, 4) is 0 Å². The second kappa shape index (κ2) is 9.25. The van der Waals surface area contributed by atoms with Crippen LogP contribution < -0.4 is 0 Å². The Bertz CT molecular complexity index is 856. The van der Waals surface area contributed by atoms with Crippen LogP contribution >= 0.6 is 11.8 Å². The molecule has 1 aromatic carbocycles. The Morgan fingerprint density at radius 2 is 1.81 bits per heavy atom. The summed E-state index contributed by atoms with van der Waals surface area (Å²) in [5.41, 5.74) is 0.837. The lowest BCUT2D eigenvalue weighted by molar-refractivity contribution is -0.129. The fourth-order valence-electron chi connectivity index (χ4n) is 2.73. The maximum atomic E-state index is 12.5. The van der Waals surface area contributed by atoms with Crippen LogP contribution in [-0.2, 0) is 20.6 Å². The molecule has 1 saturated heterocycles. The van der Waals surface area contributed by atoms with Crippen molar-refractivity contribution < 1.29 is 17.6 Å². The summed E-state index contributed by atoms with van der Waals surface area (Å²) < 4.78 is 31.6. The number of piperazine rings is 1. The number of thioether (sulfide) groups is 1. The molecule has 0 bridgehead atoms. The molecule has 1 fully saturated rings. The highest BCUT2D eigenvalue weighted by atomic mass is 32.2. The molecule has 0 aliphatic carbocycles. The summed E-state index contributed by atoms with van der Waals surface area (Å²) in [6, 6.07) is 13.0. The molecule has 6 nitrogen and oxygen atoms in total. The van der Waals surface area contributed by atoms with Crippen LogP contribution in [0.2, 0.25) is 0 Å². The van der Waals surface area contributed by atoms with E-state index < -0.39 is 10.0 Å². The minimum atomic E-state index is -3.48. The smallest absolute Gasteiger partial charge is 0.236 e. The number of furan rings is 1. The standard InChI is InChI=1S/C19H22N2O4S2/c22-19(16-26-15-18-7-4-13-25-18)20-9-11-21(12-10-20)27(23,24)14-8-17-5-2-1-3-6-17/h1-8,13-14H,9-12,15-16H2/b14-8+. The highest BCUT2D eigenvalue weighted by molar-refractivity contribution is 7.99. The summed E-state index contributed by atoms with van der Waals surface area (Å²) in [6.07, 6.45) is 3.21. The van der Waals surface area contributed by atoms with Crippen LogP contribution in [0.3, 0.4) is 0 Å². The van der Waals surface area contributed by atoms with Crippen molar-refractivity contribution in [2.45, 2.75) is 5.75 Å². The summed E-state index contributed by atoms with van der Waals surface area (Å²) in [7, 11) is -3.48. The quantitative estimate of drug-likeness (QED) is 0.707. The Kier molecular flexibility index (Phi) is 6.76. The van der Waals surface area contributed by atoms with E-state index in [-0.39, 0.29) is 5.91 Å². The summed E-state index contributed by atoms with van der Waals surface area (Å²) >= 11 is 1.50. The molecular formula is C19H22N2O4S2. The molecule has 0 N–H and O–H groups in total. The number of nitrogens with zero attached hydrogens (tertiary/aromatic N) is 2. The van der Waals surface area contributed by atoms with Gasteiger partial charge in [-0.1, -0.05) is 30.3 Å². The molecule has 0 unspecified atom stereocenters. The van der Waals surface area contributed by atoms with Crippen molar-refractivity contribution in [3.63, 3.8) is 0 Å². The van der Waals surface area contributed by atoms with Gasteiger partial charge in [0.05, 0.1) is 17.8 Å². The van der Waals surface area contributed by atoms with Crippen molar-refractivity contribution >= 4 is 33.8 Å². The molecule has 2 aromatic rings. The number of amides is 1. The van der Waals surface area contributed by atoms with E-state index in [2.05, 4.69) is 0 Å². The van der Waals surface area contributed by atoms with Crippen molar-refractivity contribution in [2.24, 2.45) is 0 Å². The van der Waals surface area contributed by atoms with E-state index in [9.17, 15) is 13.2 Å². The average molecular weight is 407 g/mol. The minimum Gasteiger partial charge on any atom is -0.468 e. The lowest BCUT2D eigenvalue weighted by atomic mass is 10.2. The lowest BCUT2D eigenvalue weighted by Gasteiger charge is -2.33. The topological polar surface area (TPSA) is 70.8 Å². The first kappa shape index (κ1) is 19.7. The van der Waals surface area contributed by atoms with Crippen LogP contribution in [0.1, 0.15) is 11.3 Å². The Hall–Kier alpha value is -2.03. The first-order valence-electron chi connectivity index (χ1n) is 8.66. The molecule has 0 atom stereocenters. The average Bonchev–Trinajstić information content (AvgIpc) is 3.21. The number of sulfonamides is 1. The fourth-order valence-corrected chi connectivity index (χ4v) is 4.73. The number of carbonyl (C=O) groups excluding carboxylic acids is 1. The monoisotopic (exact) mass is 406 g/mol. The van der Waals surface area contributed by atoms with Crippen LogP contribution in [0.25, 0.3) is 6.08 Å². The Morgan fingerprint density at radius 3 is 2.48 bits per heavy atom. The molecular weight excluding hydrogens is 384 g/mol. The van der Waals surface area contributed by atoms with Gasteiger partial charge in [0, 0.05) is 31.6 Å². The third kappa shape index (κ3) is 5.72. The third-order valence-corrected chi connectivity index (χ3v) is 6.74. The number of benzene rings is 1.